The molecule has 0 bridgehead atoms. The predicted octanol–water partition coefficient (Wildman–Crippen LogP) is 0.274. The summed E-state index contributed by atoms with van der Waals surface area (Å²) in [6.45, 7) is 2.40. The van der Waals surface area contributed by atoms with Gasteiger partial charge in [-0.05, 0) is 19.1 Å². The lowest BCUT2D eigenvalue weighted by Gasteiger charge is -1.94. The minimum Gasteiger partial charge on any atom is -0.475 e. The fraction of sp³-hybridized carbons (Fsp3) is 0.500. The second kappa shape index (κ2) is 8.90. The van der Waals surface area contributed by atoms with Crippen molar-refractivity contribution >= 4 is 5.97 Å². The quantitative estimate of drug-likeness (QED) is 0.630. The van der Waals surface area contributed by atoms with E-state index < -0.39 is 5.97 Å². The first-order valence-corrected chi connectivity index (χ1v) is 4.71. The number of aliphatic hydroxyl groups excluding tert-OH is 2. The fourth-order valence-electron chi connectivity index (χ4n) is 0.781. The van der Waals surface area contributed by atoms with Crippen LogP contribution < -0.4 is 0 Å². The molecule has 1 heterocycles. The summed E-state index contributed by atoms with van der Waals surface area (Å²) in [6.07, 6.45) is 0. The van der Waals surface area contributed by atoms with Crippen LogP contribution in [0.2, 0.25) is 0 Å². The fourth-order valence-corrected chi connectivity index (χ4v) is 0.781. The molecule has 6 nitrogen and oxygen atoms in total. The van der Waals surface area contributed by atoms with Crippen molar-refractivity contribution in [1.29, 1.82) is 0 Å². The highest BCUT2D eigenvalue weighted by molar-refractivity contribution is 5.84. The van der Waals surface area contributed by atoms with E-state index in [4.69, 9.17) is 19.7 Å². The first-order valence-electron chi connectivity index (χ1n) is 4.71. The second-order valence-electron chi connectivity index (χ2n) is 2.78. The maximum absolute atomic E-state index is 10.1. The molecule has 1 aromatic rings. The highest BCUT2D eigenvalue weighted by Crippen LogP contribution is 2.04. The van der Waals surface area contributed by atoms with Crippen molar-refractivity contribution in [3.8, 4) is 0 Å². The van der Waals surface area contributed by atoms with Crippen molar-refractivity contribution in [2.75, 3.05) is 26.4 Å². The van der Waals surface area contributed by atoms with Crippen LogP contribution in [0.25, 0.3) is 0 Å². The third-order valence-corrected chi connectivity index (χ3v) is 1.42. The number of aliphatic hydroxyl groups is 2. The van der Waals surface area contributed by atoms with Gasteiger partial charge in [-0.1, -0.05) is 0 Å². The van der Waals surface area contributed by atoms with Gasteiger partial charge in [0.15, 0.2) is 0 Å². The molecule has 0 aliphatic rings. The van der Waals surface area contributed by atoms with Gasteiger partial charge in [-0.3, -0.25) is 0 Å². The van der Waals surface area contributed by atoms with E-state index in [9.17, 15) is 4.79 Å². The third-order valence-electron chi connectivity index (χ3n) is 1.42. The number of hydrogen-bond acceptors (Lipinski definition) is 5. The molecule has 92 valence electrons. The van der Waals surface area contributed by atoms with Crippen LogP contribution in [0.5, 0.6) is 0 Å². The predicted molar refractivity (Wildman–Crippen MR) is 55.4 cm³/mol. The number of aryl methyl sites for hydroxylation is 1. The topological polar surface area (TPSA) is 100 Å². The van der Waals surface area contributed by atoms with Crippen LogP contribution in [-0.4, -0.2) is 47.7 Å². The second-order valence-corrected chi connectivity index (χ2v) is 2.78. The van der Waals surface area contributed by atoms with Crippen LogP contribution in [-0.2, 0) is 4.74 Å². The average Bonchev–Trinajstić information content (AvgIpc) is 2.67. The molecule has 0 aliphatic carbocycles. The Bertz CT molecular complexity index is 289. The molecule has 16 heavy (non-hydrogen) atoms. The smallest absolute Gasteiger partial charge is 0.371 e. The van der Waals surface area contributed by atoms with E-state index in [0.717, 1.165) is 0 Å². The van der Waals surface area contributed by atoms with Crippen molar-refractivity contribution in [3.63, 3.8) is 0 Å². The SMILES string of the molecule is Cc1ccc(C(=O)O)o1.OCCOCCO. The molecule has 0 aliphatic heterocycles. The van der Waals surface area contributed by atoms with Gasteiger partial charge in [-0.2, -0.15) is 0 Å². The summed E-state index contributed by atoms with van der Waals surface area (Å²) in [5.74, 6) is -0.414. The number of rotatable bonds is 5. The Morgan fingerprint density at radius 2 is 1.88 bits per heavy atom. The molecule has 0 saturated carbocycles. The van der Waals surface area contributed by atoms with E-state index in [2.05, 4.69) is 4.74 Å². The largest absolute Gasteiger partial charge is 0.475 e. The molecule has 1 aromatic heterocycles. The molecule has 0 spiro atoms. The summed E-state index contributed by atoms with van der Waals surface area (Å²) in [4.78, 5) is 10.1. The van der Waals surface area contributed by atoms with Crippen LogP contribution >= 0.6 is 0 Å². The minimum atomic E-state index is -1.02. The average molecular weight is 232 g/mol. The van der Waals surface area contributed by atoms with Gasteiger partial charge in [-0.15, -0.1) is 0 Å². The van der Waals surface area contributed by atoms with Crippen molar-refractivity contribution < 1.29 is 29.3 Å². The Hall–Kier alpha value is -1.37. The number of hydrogen-bond donors (Lipinski definition) is 3. The van der Waals surface area contributed by atoms with Crippen LogP contribution in [0.1, 0.15) is 16.3 Å². The zero-order chi connectivity index (χ0) is 12.4. The Morgan fingerprint density at radius 3 is 2.12 bits per heavy atom. The molecular weight excluding hydrogens is 216 g/mol. The zero-order valence-electron chi connectivity index (χ0n) is 9.05. The van der Waals surface area contributed by atoms with E-state index in [1.807, 2.05) is 0 Å². The van der Waals surface area contributed by atoms with Gasteiger partial charge in [0.1, 0.15) is 5.76 Å². The number of carbonyl (C=O) groups is 1. The van der Waals surface area contributed by atoms with Crippen LogP contribution in [0.3, 0.4) is 0 Å². The molecule has 6 heteroatoms. The maximum Gasteiger partial charge on any atom is 0.371 e. The monoisotopic (exact) mass is 232 g/mol. The standard InChI is InChI=1S/C6H6O3.C4H10O3/c1-4-2-3-5(9-4)6(7)8;5-1-3-7-4-2-6/h2-3H,1H3,(H,7,8);5-6H,1-4H2. The molecule has 0 aromatic carbocycles. The molecule has 0 saturated heterocycles. The summed E-state index contributed by atoms with van der Waals surface area (Å²) >= 11 is 0. The van der Waals surface area contributed by atoms with Gasteiger partial charge in [0.05, 0.1) is 26.4 Å². The highest BCUT2D eigenvalue weighted by atomic mass is 16.5. The summed E-state index contributed by atoms with van der Waals surface area (Å²) in [7, 11) is 0. The molecule has 0 unspecified atom stereocenters. The van der Waals surface area contributed by atoms with E-state index in [0.29, 0.717) is 19.0 Å². The highest BCUT2D eigenvalue weighted by Gasteiger charge is 2.04. The third kappa shape index (κ3) is 6.99. The lowest BCUT2D eigenvalue weighted by atomic mass is 10.4. The zero-order valence-corrected chi connectivity index (χ0v) is 9.05. The van der Waals surface area contributed by atoms with Gasteiger partial charge in [0, 0.05) is 0 Å². The van der Waals surface area contributed by atoms with Crippen molar-refractivity contribution in [1.82, 2.24) is 0 Å². The van der Waals surface area contributed by atoms with Gasteiger partial charge in [0.2, 0.25) is 5.76 Å². The van der Waals surface area contributed by atoms with Crippen LogP contribution in [0, 0.1) is 6.92 Å². The first-order chi connectivity index (χ1) is 7.61. The number of carboxylic acid groups (broad SMARTS) is 1. The molecule has 0 fully saturated rings. The van der Waals surface area contributed by atoms with Crippen LogP contribution in [0.15, 0.2) is 16.5 Å². The molecule has 0 radical (unpaired) electrons. The van der Waals surface area contributed by atoms with Gasteiger partial charge >= 0.3 is 5.97 Å². The van der Waals surface area contributed by atoms with Gasteiger partial charge < -0.3 is 24.5 Å². The van der Waals surface area contributed by atoms with E-state index in [-0.39, 0.29) is 19.0 Å². The van der Waals surface area contributed by atoms with E-state index in [1.165, 1.54) is 6.07 Å². The normalized spacial score (nSPS) is 9.44. The van der Waals surface area contributed by atoms with Crippen LogP contribution in [0.4, 0.5) is 0 Å². The van der Waals surface area contributed by atoms with E-state index >= 15 is 0 Å². The number of ether oxygens (including phenoxy) is 1. The first kappa shape index (κ1) is 14.6. The lowest BCUT2D eigenvalue weighted by molar-refractivity contribution is 0.0649. The summed E-state index contributed by atoms with van der Waals surface area (Å²) in [6, 6.07) is 3.04. The Balaban J connectivity index is 0.000000293. The minimum absolute atomic E-state index is 0.00694. The molecule has 1 rings (SSSR count). The molecular formula is C10H16O6. The Morgan fingerprint density at radius 1 is 1.31 bits per heavy atom. The summed E-state index contributed by atoms with van der Waals surface area (Å²) in [5, 5.41) is 24.5. The number of aromatic carboxylic acids is 1. The lowest BCUT2D eigenvalue weighted by Crippen LogP contribution is -2.03. The number of carboxylic acids is 1. The van der Waals surface area contributed by atoms with Gasteiger partial charge in [0.25, 0.3) is 0 Å². The Labute approximate surface area is 93.1 Å². The molecule has 3 N–H and O–H groups in total. The summed E-state index contributed by atoms with van der Waals surface area (Å²) in [5.41, 5.74) is 0. The van der Waals surface area contributed by atoms with Crippen molar-refractivity contribution in [2.45, 2.75) is 6.92 Å². The molecule has 0 amide bonds. The van der Waals surface area contributed by atoms with Gasteiger partial charge in [-0.25, -0.2) is 4.79 Å². The number of furan rings is 1. The summed E-state index contributed by atoms with van der Waals surface area (Å²) < 4.78 is 9.38. The molecule has 0 atom stereocenters. The van der Waals surface area contributed by atoms with Crippen molar-refractivity contribution in [3.05, 3.63) is 23.7 Å². The van der Waals surface area contributed by atoms with E-state index in [1.54, 1.807) is 13.0 Å². The maximum atomic E-state index is 10.1. The Kier molecular flexibility index (Phi) is 8.14. The van der Waals surface area contributed by atoms with Crippen molar-refractivity contribution in [2.24, 2.45) is 0 Å².